The highest BCUT2D eigenvalue weighted by Gasteiger charge is 2.10. The molecule has 0 fully saturated rings. The zero-order valence-corrected chi connectivity index (χ0v) is 9.91. The molecule has 0 amide bonds. The van der Waals surface area contributed by atoms with Crippen molar-refractivity contribution >= 4 is 23.3 Å². The zero-order valence-electron chi connectivity index (χ0n) is 9.09. The third-order valence-electron chi connectivity index (χ3n) is 2.22. The van der Waals surface area contributed by atoms with Gasteiger partial charge in [0.05, 0.1) is 18.2 Å². The Kier molecular flexibility index (Phi) is 4.86. The van der Waals surface area contributed by atoms with Crippen LogP contribution in [0.5, 0.6) is 0 Å². The molecule has 0 saturated heterocycles. The summed E-state index contributed by atoms with van der Waals surface area (Å²) in [6.45, 7) is -0.130. The Morgan fingerprint density at radius 1 is 1.53 bits per heavy atom. The van der Waals surface area contributed by atoms with Crippen LogP contribution in [0.15, 0.2) is 24.3 Å². The molecule has 17 heavy (non-hydrogen) atoms. The maximum Gasteiger partial charge on any atom is 0.335 e. The predicted octanol–water partition coefficient (Wildman–Crippen LogP) is 0.121. The summed E-state index contributed by atoms with van der Waals surface area (Å²) in [6.07, 6.45) is 0.453. The second-order valence-corrected chi connectivity index (χ2v) is 4.04. The molecule has 0 saturated carbocycles. The first-order valence-corrected chi connectivity index (χ1v) is 5.43. The minimum Gasteiger partial charge on any atom is -0.478 e. The first-order valence-electron chi connectivity index (χ1n) is 5.02. The number of carbonyl (C=O) groups is 1. The molecule has 92 valence electrons. The number of hydrogen-bond acceptors (Lipinski definition) is 3. The van der Waals surface area contributed by atoms with Crippen LogP contribution >= 0.6 is 12.2 Å². The Labute approximate surface area is 104 Å². The number of carboxylic acid groups (broad SMARTS) is 1. The average molecular weight is 254 g/mol. The highest BCUT2D eigenvalue weighted by Crippen LogP contribution is 2.08. The van der Waals surface area contributed by atoms with Crippen LogP contribution in [0.25, 0.3) is 0 Å². The summed E-state index contributed by atoms with van der Waals surface area (Å²) in [4.78, 5) is 10.8. The molecule has 1 atom stereocenters. The lowest BCUT2D eigenvalue weighted by Crippen LogP contribution is -2.41. The molecule has 6 heteroatoms. The van der Waals surface area contributed by atoms with Crippen LogP contribution in [-0.2, 0) is 6.42 Å². The van der Waals surface area contributed by atoms with Gasteiger partial charge < -0.3 is 21.3 Å². The van der Waals surface area contributed by atoms with Gasteiger partial charge in [0, 0.05) is 0 Å². The average Bonchev–Trinajstić information content (AvgIpc) is 2.28. The fourth-order valence-corrected chi connectivity index (χ4v) is 1.64. The van der Waals surface area contributed by atoms with E-state index in [0.717, 1.165) is 5.56 Å². The van der Waals surface area contributed by atoms with E-state index in [1.165, 1.54) is 6.07 Å². The maximum absolute atomic E-state index is 10.8. The fraction of sp³-hybridized carbons (Fsp3) is 0.273. The number of aliphatic hydroxyl groups is 1. The zero-order chi connectivity index (χ0) is 12.8. The van der Waals surface area contributed by atoms with E-state index < -0.39 is 5.97 Å². The molecular formula is C11H14N2O3S. The number of rotatable bonds is 5. The summed E-state index contributed by atoms with van der Waals surface area (Å²) < 4.78 is 0. The number of aliphatic hydroxyl groups excluding tert-OH is 1. The van der Waals surface area contributed by atoms with Crippen molar-refractivity contribution in [1.82, 2.24) is 5.32 Å². The van der Waals surface area contributed by atoms with Gasteiger partial charge in [0.25, 0.3) is 0 Å². The van der Waals surface area contributed by atoms with E-state index >= 15 is 0 Å². The third kappa shape index (κ3) is 4.38. The topological polar surface area (TPSA) is 95.6 Å². The van der Waals surface area contributed by atoms with E-state index in [4.69, 9.17) is 15.9 Å². The second kappa shape index (κ2) is 6.17. The number of benzene rings is 1. The van der Waals surface area contributed by atoms with E-state index in [1.54, 1.807) is 18.2 Å². The lowest BCUT2D eigenvalue weighted by molar-refractivity contribution is 0.0696. The molecule has 1 aromatic rings. The molecule has 0 unspecified atom stereocenters. The number of carboxylic acids is 1. The van der Waals surface area contributed by atoms with Gasteiger partial charge in [0.15, 0.2) is 5.11 Å². The van der Waals surface area contributed by atoms with Gasteiger partial charge in [-0.15, -0.1) is 0 Å². The molecule has 5 N–H and O–H groups in total. The molecule has 5 nitrogen and oxygen atoms in total. The minimum absolute atomic E-state index is 0.110. The molecule has 0 bridgehead atoms. The van der Waals surface area contributed by atoms with Crippen molar-refractivity contribution in [2.75, 3.05) is 6.61 Å². The molecule has 0 heterocycles. The van der Waals surface area contributed by atoms with Gasteiger partial charge in [-0.25, -0.2) is 4.79 Å². The van der Waals surface area contributed by atoms with Crippen LogP contribution in [0.2, 0.25) is 0 Å². The molecule has 0 aliphatic carbocycles. The largest absolute Gasteiger partial charge is 0.478 e. The van der Waals surface area contributed by atoms with Crippen molar-refractivity contribution in [3.8, 4) is 0 Å². The van der Waals surface area contributed by atoms with Crippen LogP contribution in [-0.4, -0.2) is 33.9 Å². The van der Waals surface area contributed by atoms with Crippen molar-refractivity contribution in [3.63, 3.8) is 0 Å². The Bertz CT molecular complexity index is 423. The summed E-state index contributed by atoms with van der Waals surface area (Å²) in [7, 11) is 0. The van der Waals surface area contributed by atoms with Crippen LogP contribution in [0.4, 0.5) is 0 Å². The lowest BCUT2D eigenvalue weighted by Gasteiger charge is -2.16. The molecular weight excluding hydrogens is 240 g/mol. The molecule has 0 radical (unpaired) electrons. The predicted molar refractivity (Wildman–Crippen MR) is 67.9 cm³/mol. The molecule has 0 spiro atoms. The number of hydrogen-bond donors (Lipinski definition) is 4. The van der Waals surface area contributed by atoms with Gasteiger partial charge in [-0.2, -0.15) is 0 Å². The van der Waals surface area contributed by atoms with Gasteiger partial charge in [0.2, 0.25) is 0 Å². The van der Waals surface area contributed by atoms with Crippen molar-refractivity contribution in [3.05, 3.63) is 35.4 Å². The van der Waals surface area contributed by atoms with E-state index in [-0.39, 0.29) is 23.3 Å². The van der Waals surface area contributed by atoms with Gasteiger partial charge in [0.1, 0.15) is 0 Å². The maximum atomic E-state index is 10.8. The lowest BCUT2D eigenvalue weighted by atomic mass is 10.0. The first-order chi connectivity index (χ1) is 8.02. The molecule has 1 rings (SSSR count). The highest BCUT2D eigenvalue weighted by molar-refractivity contribution is 7.80. The van der Waals surface area contributed by atoms with E-state index in [1.807, 2.05) is 0 Å². The van der Waals surface area contributed by atoms with Gasteiger partial charge in [-0.1, -0.05) is 12.1 Å². The summed E-state index contributed by atoms with van der Waals surface area (Å²) in [6, 6.07) is 6.22. The Hall–Kier alpha value is -1.66. The summed E-state index contributed by atoms with van der Waals surface area (Å²) in [5.41, 5.74) is 6.33. The van der Waals surface area contributed by atoms with Crippen LogP contribution < -0.4 is 11.1 Å². The first kappa shape index (κ1) is 13.4. The van der Waals surface area contributed by atoms with Gasteiger partial charge in [-0.3, -0.25) is 0 Å². The molecule has 0 aliphatic heterocycles. The summed E-state index contributed by atoms with van der Waals surface area (Å²) in [5.74, 6) is -0.977. The number of thiocarbonyl (C=S) groups is 1. The van der Waals surface area contributed by atoms with E-state index in [9.17, 15) is 4.79 Å². The van der Waals surface area contributed by atoms with Crippen LogP contribution in [0, 0.1) is 0 Å². The SMILES string of the molecule is NC(=S)N[C@@H](CO)Cc1cccc(C(=O)O)c1. The Morgan fingerprint density at radius 2 is 2.24 bits per heavy atom. The quantitative estimate of drug-likeness (QED) is 0.558. The number of nitrogens with two attached hydrogens (primary N) is 1. The van der Waals surface area contributed by atoms with E-state index in [0.29, 0.717) is 6.42 Å². The standard InChI is InChI=1S/C11H14N2O3S/c12-11(17)13-9(6-14)5-7-2-1-3-8(4-7)10(15)16/h1-4,9,14H,5-6H2,(H,15,16)(H3,12,13,17)/t9-/m1/s1. The number of nitrogens with one attached hydrogen (secondary N) is 1. The molecule has 1 aromatic carbocycles. The van der Waals surface area contributed by atoms with Gasteiger partial charge in [-0.05, 0) is 36.3 Å². The second-order valence-electron chi connectivity index (χ2n) is 3.60. The van der Waals surface area contributed by atoms with E-state index in [2.05, 4.69) is 17.5 Å². The Balaban J connectivity index is 2.75. The smallest absolute Gasteiger partial charge is 0.335 e. The minimum atomic E-state index is -0.977. The van der Waals surface area contributed by atoms with Crippen LogP contribution in [0.3, 0.4) is 0 Å². The summed E-state index contributed by atoms with van der Waals surface area (Å²) >= 11 is 4.68. The summed E-state index contributed by atoms with van der Waals surface area (Å²) in [5, 5.41) is 20.8. The Morgan fingerprint density at radius 3 is 2.76 bits per heavy atom. The normalized spacial score (nSPS) is 11.8. The molecule has 0 aromatic heterocycles. The third-order valence-corrected chi connectivity index (χ3v) is 2.34. The van der Waals surface area contributed by atoms with Crippen molar-refractivity contribution < 1.29 is 15.0 Å². The monoisotopic (exact) mass is 254 g/mol. The fourth-order valence-electron chi connectivity index (χ4n) is 1.48. The number of aromatic carboxylic acids is 1. The highest BCUT2D eigenvalue weighted by atomic mass is 32.1. The van der Waals surface area contributed by atoms with Crippen molar-refractivity contribution in [2.24, 2.45) is 5.73 Å². The van der Waals surface area contributed by atoms with Crippen molar-refractivity contribution in [2.45, 2.75) is 12.5 Å². The van der Waals surface area contributed by atoms with Crippen LogP contribution in [0.1, 0.15) is 15.9 Å². The van der Waals surface area contributed by atoms with Gasteiger partial charge >= 0.3 is 5.97 Å². The molecule has 0 aliphatic rings. The van der Waals surface area contributed by atoms with Crippen molar-refractivity contribution in [1.29, 1.82) is 0 Å².